The minimum Gasteiger partial charge on any atom is -0.478 e. The first-order valence-corrected chi connectivity index (χ1v) is 5.98. The lowest BCUT2D eigenvalue weighted by atomic mass is 9.94. The average Bonchev–Trinajstić information content (AvgIpc) is 2.67. The third kappa shape index (κ3) is 2.58. The standard InChI is InChI=1S/C11H16O3S/c1-3-7(4-2)9(12)10-8(11(13)14)5-6-15-10/h5-7,9,12H,3-4H2,1-2H3,(H,13,14). The van der Waals surface area contributed by atoms with E-state index in [1.165, 1.54) is 11.3 Å². The van der Waals surface area contributed by atoms with Crippen molar-refractivity contribution in [2.75, 3.05) is 0 Å². The Morgan fingerprint density at radius 1 is 1.47 bits per heavy atom. The van der Waals surface area contributed by atoms with Crippen molar-refractivity contribution in [1.29, 1.82) is 0 Å². The number of rotatable bonds is 5. The zero-order chi connectivity index (χ0) is 11.4. The molecule has 0 amide bonds. The Hall–Kier alpha value is -0.870. The summed E-state index contributed by atoms with van der Waals surface area (Å²) in [6.45, 7) is 4.01. The summed E-state index contributed by atoms with van der Waals surface area (Å²) >= 11 is 1.31. The molecule has 4 heteroatoms. The SMILES string of the molecule is CCC(CC)C(O)c1sccc1C(=O)O. The van der Waals surface area contributed by atoms with Gasteiger partial charge in [-0.1, -0.05) is 26.7 Å². The topological polar surface area (TPSA) is 57.5 Å². The summed E-state index contributed by atoms with van der Waals surface area (Å²) in [5.74, 6) is -0.821. The van der Waals surface area contributed by atoms with E-state index in [1.807, 2.05) is 13.8 Å². The molecule has 0 bridgehead atoms. The molecule has 1 rings (SSSR count). The number of aliphatic hydroxyl groups excluding tert-OH is 1. The second-order valence-electron chi connectivity index (χ2n) is 3.53. The van der Waals surface area contributed by atoms with Gasteiger partial charge >= 0.3 is 5.97 Å². The summed E-state index contributed by atoms with van der Waals surface area (Å²) in [5.41, 5.74) is 0.236. The first-order valence-electron chi connectivity index (χ1n) is 5.10. The highest BCUT2D eigenvalue weighted by atomic mass is 32.1. The summed E-state index contributed by atoms with van der Waals surface area (Å²) in [7, 11) is 0. The van der Waals surface area contributed by atoms with Crippen molar-refractivity contribution in [3.05, 3.63) is 21.9 Å². The minimum atomic E-state index is -0.962. The molecule has 0 aliphatic carbocycles. The molecule has 0 fully saturated rings. The summed E-state index contributed by atoms with van der Waals surface area (Å²) in [5, 5.41) is 20.7. The van der Waals surface area contributed by atoms with E-state index < -0.39 is 12.1 Å². The number of carbonyl (C=O) groups is 1. The molecule has 1 atom stereocenters. The molecule has 0 saturated carbocycles. The van der Waals surface area contributed by atoms with Crippen LogP contribution in [0, 0.1) is 5.92 Å². The van der Waals surface area contributed by atoms with E-state index in [4.69, 9.17) is 5.11 Å². The third-order valence-electron chi connectivity index (χ3n) is 2.69. The Morgan fingerprint density at radius 3 is 2.53 bits per heavy atom. The van der Waals surface area contributed by atoms with Crippen molar-refractivity contribution in [1.82, 2.24) is 0 Å². The van der Waals surface area contributed by atoms with Crippen LogP contribution < -0.4 is 0 Å². The molecular weight excluding hydrogens is 212 g/mol. The Labute approximate surface area is 93.4 Å². The van der Waals surface area contributed by atoms with E-state index in [2.05, 4.69) is 0 Å². The van der Waals surface area contributed by atoms with Gasteiger partial charge in [-0.15, -0.1) is 11.3 Å². The highest BCUT2D eigenvalue weighted by molar-refractivity contribution is 7.10. The Kier molecular flexibility index (Phi) is 4.29. The molecule has 0 spiro atoms. The van der Waals surface area contributed by atoms with E-state index in [1.54, 1.807) is 11.4 Å². The molecule has 0 saturated heterocycles. The van der Waals surface area contributed by atoms with Gasteiger partial charge in [0, 0.05) is 4.88 Å². The number of carboxylic acids is 1. The fraction of sp³-hybridized carbons (Fsp3) is 0.545. The van der Waals surface area contributed by atoms with Crippen LogP contribution in [-0.2, 0) is 0 Å². The van der Waals surface area contributed by atoms with Crippen molar-refractivity contribution >= 4 is 17.3 Å². The predicted octanol–water partition coefficient (Wildman–Crippen LogP) is 2.92. The fourth-order valence-electron chi connectivity index (χ4n) is 1.68. The summed E-state index contributed by atoms with van der Waals surface area (Å²) in [6, 6.07) is 1.55. The molecule has 3 nitrogen and oxygen atoms in total. The van der Waals surface area contributed by atoms with Gasteiger partial charge < -0.3 is 10.2 Å². The van der Waals surface area contributed by atoms with Gasteiger partial charge in [0.15, 0.2) is 0 Å². The highest BCUT2D eigenvalue weighted by Crippen LogP contribution is 2.33. The molecule has 1 aromatic heterocycles. The molecule has 1 aromatic rings. The number of carboxylic acid groups (broad SMARTS) is 1. The van der Waals surface area contributed by atoms with Crippen molar-refractivity contribution < 1.29 is 15.0 Å². The van der Waals surface area contributed by atoms with Gasteiger partial charge in [0.05, 0.1) is 11.7 Å². The largest absolute Gasteiger partial charge is 0.478 e. The van der Waals surface area contributed by atoms with Gasteiger partial charge in [0.2, 0.25) is 0 Å². The van der Waals surface area contributed by atoms with Crippen molar-refractivity contribution in [3.63, 3.8) is 0 Å². The van der Waals surface area contributed by atoms with Crippen LogP contribution in [0.5, 0.6) is 0 Å². The lowest BCUT2D eigenvalue weighted by Gasteiger charge is -2.19. The fourth-order valence-corrected chi connectivity index (χ4v) is 2.64. The average molecular weight is 228 g/mol. The van der Waals surface area contributed by atoms with Gasteiger partial charge in [0.1, 0.15) is 0 Å². The van der Waals surface area contributed by atoms with Crippen molar-refractivity contribution in [2.24, 2.45) is 5.92 Å². The lowest BCUT2D eigenvalue weighted by Crippen LogP contribution is -2.12. The van der Waals surface area contributed by atoms with Crippen LogP contribution in [0.1, 0.15) is 48.0 Å². The third-order valence-corrected chi connectivity index (χ3v) is 3.68. The number of thiophene rings is 1. The van der Waals surface area contributed by atoms with Crippen LogP contribution in [0.3, 0.4) is 0 Å². The Balaban J connectivity index is 2.94. The van der Waals surface area contributed by atoms with Crippen LogP contribution in [0.25, 0.3) is 0 Å². The highest BCUT2D eigenvalue weighted by Gasteiger charge is 2.23. The maximum Gasteiger partial charge on any atom is 0.336 e. The minimum absolute atomic E-state index is 0.141. The zero-order valence-corrected chi connectivity index (χ0v) is 9.75. The maximum absolute atomic E-state index is 10.9. The van der Waals surface area contributed by atoms with Crippen LogP contribution in [0.4, 0.5) is 0 Å². The number of aromatic carboxylic acids is 1. The van der Waals surface area contributed by atoms with Gasteiger partial charge in [-0.3, -0.25) is 0 Å². The summed E-state index contributed by atoms with van der Waals surface area (Å²) in [4.78, 5) is 11.5. The number of hydrogen-bond acceptors (Lipinski definition) is 3. The normalized spacial score (nSPS) is 13.1. The molecule has 1 unspecified atom stereocenters. The first-order chi connectivity index (χ1) is 7.11. The lowest BCUT2D eigenvalue weighted by molar-refractivity contribution is 0.0678. The van der Waals surface area contributed by atoms with Gasteiger partial charge in [-0.25, -0.2) is 4.79 Å². The number of aliphatic hydroxyl groups is 1. The van der Waals surface area contributed by atoms with Crippen molar-refractivity contribution in [3.8, 4) is 0 Å². The molecule has 1 heterocycles. The van der Waals surface area contributed by atoms with Crippen LogP contribution in [-0.4, -0.2) is 16.2 Å². The van der Waals surface area contributed by atoms with Gasteiger partial charge in [0.25, 0.3) is 0 Å². The molecule has 0 aliphatic rings. The van der Waals surface area contributed by atoms with Crippen LogP contribution in [0.2, 0.25) is 0 Å². The molecule has 84 valence electrons. The van der Waals surface area contributed by atoms with Crippen LogP contribution >= 0.6 is 11.3 Å². The van der Waals surface area contributed by atoms with E-state index in [-0.39, 0.29) is 11.5 Å². The van der Waals surface area contributed by atoms with Gasteiger partial charge in [-0.05, 0) is 17.4 Å². The summed E-state index contributed by atoms with van der Waals surface area (Å²) in [6.07, 6.45) is 1.06. The van der Waals surface area contributed by atoms with E-state index in [0.717, 1.165) is 12.8 Å². The smallest absolute Gasteiger partial charge is 0.336 e. The summed E-state index contributed by atoms with van der Waals surface area (Å²) < 4.78 is 0. The Bertz CT molecular complexity index is 328. The molecule has 0 aromatic carbocycles. The maximum atomic E-state index is 10.9. The quantitative estimate of drug-likeness (QED) is 0.814. The predicted molar refractivity (Wildman–Crippen MR) is 60.3 cm³/mol. The molecular formula is C11H16O3S. The second-order valence-corrected chi connectivity index (χ2v) is 4.47. The molecule has 2 N–H and O–H groups in total. The van der Waals surface area contributed by atoms with Gasteiger partial charge in [-0.2, -0.15) is 0 Å². The number of hydrogen-bond donors (Lipinski definition) is 2. The first kappa shape index (κ1) is 12.2. The molecule has 15 heavy (non-hydrogen) atoms. The van der Waals surface area contributed by atoms with E-state index in [9.17, 15) is 9.90 Å². The molecule has 0 aliphatic heterocycles. The Morgan fingerprint density at radius 2 is 2.07 bits per heavy atom. The second kappa shape index (κ2) is 5.28. The van der Waals surface area contributed by atoms with E-state index >= 15 is 0 Å². The zero-order valence-electron chi connectivity index (χ0n) is 8.93. The van der Waals surface area contributed by atoms with Crippen LogP contribution in [0.15, 0.2) is 11.4 Å². The monoisotopic (exact) mass is 228 g/mol. The van der Waals surface area contributed by atoms with E-state index in [0.29, 0.717) is 4.88 Å². The van der Waals surface area contributed by atoms with Crippen molar-refractivity contribution in [2.45, 2.75) is 32.8 Å². The molecule has 0 radical (unpaired) electrons.